The average Bonchev–Trinajstić information content (AvgIpc) is 2.61. The number of carbonyl (C=O) groups is 2. The van der Waals surface area contributed by atoms with Gasteiger partial charge in [-0.05, 0) is 12.1 Å². The highest BCUT2D eigenvalue weighted by molar-refractivity contribution is 5.95. The van der Waals surface area contributed by atoms with E-state index in [4.69, 9.17) is 10.00 Å². The highest BCUT2D eigenvalue weighted by atomic mass is 16.5. The highest BCUT2D eigenvalue weighted by Crippen LogP contribution is 2.36. The van der Waals surface area contributed by atoms with Gasteiger partial charge in [0.1, 0.15) is 0 Å². The molecule has 0 atom stereocenters. The van der Waals surface area contributed by atoms with Crippen molar-refractivity contribution in [3.05, 3.63) is 30.3 Å². The Hall–Kier alpha value is -2.43. The van der Waals surface area contributed by atoms with Crippen LogP contribution >= 0.6 is 0 Å². The summed E-state index contributed by atoms with van der Waals surface area (Å²) in [7, 11) is 0. The third-order valence-corrected chi connectivity index (χ3v) is 5.07. The van der Waals surface area contributed by atoms with Gasteiger partial charge in [0, 0.05) is 56.7 Å². The third kappa shape index (κ3) is 5.06. The summed E-state index contributed by atoms with van der Waals surface area (Å²) in [4.78, 5) is 28.4. The maximum atomic E-state index is 12.5. The Bertz CT molecular complexity index is 689. The van der Waals surface area contributed by atoms with E-state index in [0.717, 1.165) is 38.5 Å². The topological polar surface area (TPSA) is 85.7 Å². The van der Waals surface area contributed by atoms with Crippen molar-refractivity contribution in [1.82, 2.24) is 10.2 Å². The van der Waals surface area contributed by atoms with Crippen LogP contribution in [0.1, 0.15) is 19.3 Å². The third-order valence-electron chi connectivity index (χ3n) is 5.07. The summed E-state index contributed by atoms with van der Waals surface area (Å²) in [6.45, 7) is 5.59. The van der Waals surface area contributed by atoms with Gasteiger partial charge in [0.05, 0.1) is 25.7 Å². The Morgan fingerprint density at radius 2 is 1.96 bits per heavy atom. The maximum Gasteiger partial charge on any atom is 0.227 e. The molecule has 2 aliphatic heterocycles. The molecule has 2 amide bonds. The van der Waals surface area contributed by atoms with E-state index in [1.54, 1.807) is 4.90 Å². The molecule has 2 heterocycles. The summed E-state index contributed by atoms with van der Waals surface area (Å²) < 4.78 is 5.25. The SMILES string of the molecule is N#CCCN(C(=O)CCC(=O)NCCN1CC2(COC2)C1)c1ccccc1. The number of hydrogen-bond donors (Lipinski definition) is 1. The lowest BCUT2D eigenvalue weighted by Gasteiger charge is -2.55. The molecule has 1 spiro atoms. The van der Waals surface area contributed by atoms with E-state index >= 15 is 0 Å². The zero-order chi connectivity index (χ0) is 19.1. The Morgan fingerprint density at radius 3 is 2.59 bits per heavy atom. The average molecular weight is 370 g/mol. The number of benzene rings is 1. The standard InChI is InChI=1S/C20H26N4O3/c21-9-4-11-24(17-5-2-1-3-6-17)19(26)8-7-18(25)22-10-12-23-13-20(14-23)15-27-16-20/h1-3,5-6H,4,7-8,10-16H2,(H,22,25). The monoisotopic (exact) mass is 370 g/mol. The molecule has 7 nitrogen and oxygen atoms in total. The highest BCUT2D eigenvalue weighted by Gasteiger charge is 2.48. The number of nitrogens with zero attached hydrogens (tertiary/aromatic N) is 3. The summed E-state index contributed by atoms with van der Waals surface area (Å²) >= 11 is 0. The second-order valence-corrected chi connectivity index (χ2v) is 7.34. The van der Waals surface area contributed by atoms with E-state index in [0.29, 0.717) is 18.5 Å². The number of carbonyl (C=O) groups excluding carboxylic acids is 2. The number of amides is 2. The van der Waals surface area contributed by atoms with Crippen LogP contribution in [0.2, 0.25) is 0 Å². The molecular formula is C20H26N4O3. The molecule has 3 rings (SSSR count). The molecule has 0 radical (unpaired) electrons. The number of nitriles is 1. The lowest BCUT2D eigenvalue weighted by Crippen LogP contribution is -2.66. The Morgan fingerprint density at radius 1 is 1.22 bits per heavy atom. The van der Waals surface area contributed by atoms with Crippen molar-refractivity contribution < 1.29 is 14.3 Å². The smallest absolute Gasteiger partial charge is 0.227 e. The first-order valence-corrected chi connectivity index (χ1v) is 9.41. The molecule has 2 saturated heterocycles. The van der Waals surface area contributed by atoms with Crippen molar-refractivity contribution in [2.24, 2.45) is 5.41 Å². The molecule has 1 N–H and O–H groups in total. The molecule has 1 aromatic carbocycles. The number of para-hydroxylation sites is 1. The predicted octanol–water partition coefficient (Wildman–Crippen LogP) is 1.16. The van der Waals surface area contributed by atoms with Gasteiger partial charge in [0.15, 0.2) is 0 Å². The van der Waals surface area contributed by atoms with Crippen molar-refractivity contribution >= 4 is 17.5 Å². The Labute approximate surface area is 159 Å². The van der Waals surface area contributed by atoms with Crippen LogP contribution in [-0.4, -0.2) is 62.7 Å². The van der Waals surface area contributed by atoms with Gasteiger partial charge in [0.2, 0.25) is 11.8 Å². The van der Waals surface area contributed by atoms with Crippen LogP contribution in [0.25, 0.3) is 0 Å². The van der Waals surface area contributed by atoms with Gasteiger partial charge in [-0.3, -0.25) is 9.59 Å². The maximum absolute atomic E-state index is 12.5. The number of nitrogens with one attached hydrogen (secondary N) is 1. The number of anilines is 1. The largest absolute Gasteiger partial charge is 0.380 e. The van der Waals surface area contributed by atoms with E-state index in [2.05, 4.69) is 16.3 Å². The van der Waals surface area contributed by atoms with Gasteiger partial charge in [-0.25, -0.2) is 0 Å². The molecule has 2 fully saturated rings. The number of ether oxygens (including phenoxy) is 1. The summed E-state index contributed by atoms with van der Waals surface area (Å²) in [5, 5.41) is 11.7. The van der Waals surface area contributed by atoms with Crippen LogP contribution in [0, 0.1) is 16.7 Å². The fraction of sp³-hybridized carbons (Fsp3) is 0.550. The molecule has 0 aromatic heterocycles. The van der Waals surface area contributed by atoms with E-state index < -0.39 is 0 Å². The van der Waals surface area contributed by atoms with Crippen molar-refractivity contribution in [2.45, 2.75) is 19.3 Å². The summed E-state index contributed by atoms with van der Waals surface area (Å²) in [6.07, 6.45) is 0.554. The fourth-order valence-electron chi connectivity index (χ4n) is 3.60. The quantitative estimate of drug-likeness (QED) is 0.705. The van der Waals surface area contributed by atoms with Crippen molar-refractivity contribution in [3.8, 4) is 6.07 Å². The van der Waals surface area contributed by atoms with Crippen molar-refractivity contribution in [3.63, 3.8) is 0 Å². The van der Waals surface area contributed by atoms with Gasteiger partial charge < -0.3 is 19.9 Å². The first kappa shape index (κ1) is 19.3. The van der Waals surface area contributed by atoms with Gasteiger partial charge >= 0.3 is 0 Å². The Kier molecular flexibility index (Phi) is 6.43. The molecule has 0 aliphatic carbocycles. The number of rotatable bonds is 9. The fourth-order valence-corrected chi connectivity index (χ4v) is 3.60. The Balaban J connectivity index is 1.36. The summed E-state index contributed by atoms with van der Waals surface area (Å²) in [5.74, 6) is -0.250. The lowest BCUT2D eigenvalue weighted by atomic mass is 9.78. The van der Waals surface area contributed by atoms with Gasteiger partial charge in [0.25, 0.3) is 0 Å². The first-order valence-electron chi connectivity index (χ1n) is 9.41. The summed E-state index contributed by atoms with van der Waals surface area (Å²) in [5.41, 5.74) is 1.14. The van der Waals surface area contributed by atoms with Gasteiger partial charge in [-0.1, -0.05) is 18.2 Å². The second kappa shape index (κ2) is 8.98. The molecule has 7 heteroatoms. The van der Waals surface area contributed by atoms with Crippen LogP contribution in [0.3, 0.4) is 0 Å². The molecule has 1 aromatic rings. The van der Waals surface area contributed by atoms with Crippen molar-refractivity contribution in [1.29, 1.82) is 5.26 Å². The van der Waals surface area contributed by atoms with Crippen LogP contribution < -0.4 is 10.2 Å². The molecule has 0 unspecified atom stereocenters. The number of hydrogen-bond acceptors (Lipinski definition) is 5. The summed E-state index contributed by atoms with van der Waals surface area (Å²) in [6, 6.07) is 11.3. The normalized spacial score (nSPS) is 17.4. The lowest BCUT2D eigenvalue weighted by molar-refractivity contribution is -0.188. The number of likely N-dealkylation sites (tertiary alicyclic amines) is 1. The second-order valence-electron chi connectivity index (χ2n) is 7.34. The minimum Gasteiger partial charge on any atom is -0.380 e. The van der Waals surface area contributed by atoms with Crippen LogP contribution in [0.4, 0.5) is 5.69 Å². The van der Waals surface area contributed by atoms with Crippen LogP contribution in [-0.2, 0) is 14.3 Å². The molecule has 0 bridgehead atoms. The minimum absolute atomic E-state index is 0.112. The van der Waals surface area contributed by atoms with Crippen LogP contribution in [0.5, 0.6) is 0 Å². The van der Waals surface area contributed by atoms with Crippen molar-refractivity contribution in [2.75, 3.05) is 50.8 Å². The molecule has 144 valence electrons. The van der Waals surface area contributed by atoms with Gasteiger partial charge in [-0.2, -0.15) is 5.26 Å². The molecule has 2 aliphatic rings. The predicted molar refractivity (Wildman–Crippen MR) is 101 cm³/mol. The minimum atomic E-state index is -0.138. The van der Waals surface area contributed by atoms with E-state index in [-0.39, 0.29) is 31.1 Å². The zero-order valence-electron chi connectivity index (χ0n) is 15.5. The van der Waals surface area contributed by atoms with E-state index in [1.165, 1.54) is 0 Å². The van der Waals surface area contributed by atoms with Crippen LogP contribution in [0.15, 0.2) is 30.3 Å². The zero-order valence-corrected chi connectivity index (χ0v) is 15.5. The van der Waals surface area contributed by atoms with Gasteiger partial charge in [-0.15, -0.1) is 0 Å². The molecule has 0 saturated carbocycles. The molecule has 27 heavy (non-hydrogen) atoms. The van der Waals surface area contributed by atoms with E-state index in [9.17, 15) is 9.59 Å². The van der Waals surface area contributed by atoms with E-state index in [1.807, 2.05) is 30.3 Å². The first-order chi connectivity index (χ1) is 13.1. The molecular weight excluding hydrogens is 344 g/mol.